The van der Waals surface area contributed by atoms with Gasteiger partial charge in [-0.15, -0.1) is 12.4 Å². The van der Waals surface area contributed by atoms with Gasteiger partial charge in [-0.25, -0.2) is 4.98 Å². The minimum atomic E-state index is -4.42. The van der Waals surface area contributed by atoms with Crippen molar-refractivity contribution < 1.29 is 13.2 Å². The number of hydrogen-bond donors (Lipinski definition) is 1. The van der Waals surface area contributed by atoms with Gasteiger partial charge in [0.2, 0.25) is 0 Å². The van der Waals surface area contributed by atoms with Crippen LogP contribution in [0.5, 0.6) is 0 Å². The van der Waals surface area contributed by atoms with Crippen molar-refractivity contribution in [1.82, 2.24) is 15.2 Å². The Labute approximate surface area is 95.1 Å². The Morgan fingerprint density at radius 1 is 1.12 bits per heavy atom. The van der Waals surface area contributed by atoms with Crippen molar-refractivity contribution in [3.05, 3.63) is 36.2 Å². The van der Waals surface area contributed by atoms with E-state index in [4.69, 9.17) is 0 Å². The highest BCUT2D eigenvalue weighted by Gasteiger charge is 2.32. The molecule has 7 heteroatoms. The van der Waals surface area contributed by atoms with Gasteiger partial charge in [-0.05, 0) is 18.2 Å². The SMILES string of the molecule is Cl.FC(F)(F)c1cccc(-c2ccn[nH]2)n1. The molecule has 2 aromatic heterocycles. The highest BCUT2D eigenvalue weighted by Crippen LogP contribution is 2.28. The van der Waals surface area contributed by atoms with Crippen LogP contribution < -0.4 is 0 Å². The van der Waals surface area contributed by atoms with Crippen LogP contribution in [-0.4, -0.2) is 15.2 Å². The summed E-state index contributed by atoms with van der Waals surface area (Å²) in [6.07, 6.45) is -2.96. The van der Waals surface area contributed by atoms with Crippen molar-refractivity contribution in [1.29, 1.82) is 0 Å². The summed E-state index contributed by atoms with van der Waals surface area (Å²) in [5, 5.41) is 6.20. The van der Waals surface area contributed by atoms with E-state index in [9.17, 15) is 13.2 Å². The Morgan fingerprint density at radius 2 is 1.88 bits per heavy atom. The molecule has 0 saturated carbocycles. The molecule has 0 radical (unpaired) electrons. The Balaban J connectivity index is 0.00000128. The standard InChI is InChI=1S/C9H6F3N3.ClH/c10-9(11,12)8-3-1-2-6(14-8)7-4-5-13-15-7;/h1-5H,(H,13,15);1H. The van der Waals surface area contributed by atoms with Gasteiger partial charge in [0.1, 0.15) is 5.69 Å². The second kappa shape index (κ2) is 4.52. The molecule has 0 saturated heterocycles. The first-order valence-electron chi connectivity index (χ1n) is 4.11. The van der Waals surface area contributed by atoms with Gasteiger partial charge in [0.15, 0.2) is 0 Å². The summed E-state index contributed by atoms with van der Waals surface area (Å²) in [6, 6.07) is 5.29. The molecule has 0 aliphatic carbocycles. The number of H-pyrrole nitrogens is 1. The number of hydrogen-bond acceptors (Lipinski definition) is 2. The number of aromatic amines is 1. The van der Waals surface area contributed by atoms with Crippen molar-refractivity contribution in [3.63, 3.8) is 0 Å². The predicted octanol–water partition coefficient (Wildman–Crippen LogP) is 2.91. The Bertz CT molecular complexity index is 453. The van der Waals surface area contributed by atoms with E-state index in [0.717, 1.165) is 6.07 Å². The van der Waals surface area contributed by atoms with E-state index in [-0.39, 0.29) is 18.1 Å². The number of rotatable bonds is 1. The van der Waals surface area contributed by atoms with Crippen molar-refractivity contribution in [3.8, 4) is 11.4 Å². The molecular formula is C9H7ClF3N3. The van der Waals surface area contributed by atoms with Gasteiger partial charge in [-0.3, -0.25) is 5.10 Å². The summed E-state index contributed by atoms with van der Waals surface area (Å²) >= 11 is 0. The molecule has 0 unspecified atom stereocenters. The molecule has 2 heterocycles. The first kappa shape index (κ1) is 12.5. The molecule has 86 valence electrons. The van der Waals surface area contributed by atoms with Crippen LogP contribution in [0.2, 0.25) is 0 Å². The van der Waals surface area contributed by atoms with Crippen LogP contribution in [0.4, 0.5) is 13.2 Å². The average Bonchev–Trinajstić information content (AvgIpc) is 2.69. The number of pyridine rings is 1. The molecule has 0 spiro atoms. The smallest absolute Gasteiger partial charge is 0.276 e. The summed E-state index contributed by atoms with van der Waals surface area (Å²) in [7, 11) is 0. The maximum absolute atomic E-state index is 12.3. The molecular weight excluding hydrogens is 243 g/mol. The van der Waals surface area contributed by atoms with Gasteiger partial charge in [0.05, 0.1) is 11.4 Å². The number of aromatic nitrogens is 3. The third-order valence-electron chi connectivity index (χ3n) is 1.82. The normalized spacial score (nSPS) is 10.9. The summed E-state index contributed by atoms with van der Waals surface area (Å²) < 4.78 is 37.0. The zero-order valence-corrected chi connectivity index (χ0v) is 8.64. The molecule has 2 aromatic rings. The summed E-state index contributed by atoms with van der Waals surface area (Å²) in [5.41, 5.74) is -0.224. The quantitative estimate of drug-likeness (QED) is 0.844. The molecule has 0 fully saturated rings. The molecule has 1 N–H and O–H groups in total. The van der Waals surface area contributed by atoms with Crippen molar-refractivity contribution in [2.24, 2.45) is 0 Å². The first-order chi connectivity index (χ1) is 7.07. The second-order valence-electron chi connectivity index (χ2n) is 2.88. The zero-order valence-electron chi connectivity index (χ0n) is 7.82. The second-order valence-corrected chi connectivity index (χ2v) is 2.88. The van der Waals surface area contributed by atoms with Gasteiger partial charge in [-0.1, -0.05) is 6.07 Å². The average molecular weight is 250 g/mol. The fourth-order valence-electron chi connectivity index (χ4n) is 1.14. The molecule has 0 aromatic carbocycles. The Kier molecular flexibility index (Phi) is 3.54. The van der Waals surface area contributed by atoms with E-state index in [0.29, 0.717) is 5.69 Å². The number of nitrogens with zero attached hydrogens (tertiary/aromatic N) is 2. The van der Waals surface area contributed by atoms with E-state index < -0.39 is 11.9 Å². The molecule has 0 aliphatic rings. The molecule has 0 amide bonds. The predicted molar refractivity (Wildman–Crippen MR) is 54.1 cm³/mol. The van der Waals surface area contributed by atoms with Crippen molar-refractivity contribution in [2.45, 2.75) is 6.18 Å². The number of alkyl halides is 3. The van der Waals surface area contributed by atoms with E-state index in [1.165, 1.54) is 18.3 Å². The fourth-order valence-corrected chi connectivity index (χ4v) is 1.14. The summed E-state index contributed by atoms with van der Waals surface area (Å²) in [6.45, 7) is 0. The molecule has 0 atom stereocenters. The topological polar surface area (TPSA) is 41.6 Å². The molecule has 3 nitrogen and oxygen atoms in total. The third-order valence-corrected chi connectivity index (χ3v) is 1.82. The maximum atomic E-state index is 12.3. The lowest BCUT2D eigenvalue weighted by Gasteiger charge is -2.06. The van der Waals surface area contributed by atoms with Crippen LogP contribution >= 0.6 is 12.4 Å². The summed E-state index contributed by atoms with van der Waals surface area (Å²) in [4.78, 5) is 3.49. The third kappa shape index (κ3) is 2.52. The first-order valence-corrected chi connectivity index (χ1v) is 4.11. The van der Waals surface area contributed by atoms with Crippen molar-refractivity contribution in [2.75, 3.05) is 0 Å². The van der Waals surface area contributed by atoms with E-state index in [1.807, 2.05) is 0 Å². The maximum Gasteiger partial charge on any atom is 0.433 e. The highest BCUT2D eigenvalue weighted by atomic mass is 35.5. The highest BCUT2D eigenvalue weighted by molar-refractivity contribution is 5.85. The van der Waals surface area contributed by atoms with Crippen LogP contribution in [-0.2, 0) is 6.18 Å². The minimum Gasteiger partial charge on any atom is -0.276 e. The Morgan fingerprint density at radius 3 is 2.44 bits per heavy atom. The van der Waals surface area contributed by atoms with Gasteiger partial charge in [0.25, 0.3) is 0 Å². The van der Waals surface area contributed by atoms with E-state index in [1.54, 1.807) is 6.07 Å². The molecule has 2 rings (SSSR count). The minimum absolute atomic E-state index is 0. The van der Waals surface area contributed by atoms with Gasteiger partial charge in [0, 0.05) is 6.20 Å². The molecule has 0 bridgehead atoms. The zero-order chi connectivity index (χ0) is 10.9. The van der Waals surface area contributed by atoms with Crippen LogP contribution in [0.25, 0.3) is 11.4 Å². The lowest BCUT2D eigenvalue weighted by Crippen LogP contribution is -2.08. The van der Waals surface area contributed by atoms with E-state index in [2.05, 4.69) is 15.2 Å². The van der Waals surface area contributed by atoms with Gasteiger partial charge < -0.3 is 0 Å². The van der Waals surface area contributed by atoms with Crippen LogP contribution in [0.15, 0.2) is 30.5 Å². The molecule has 16 heavy (non-hydrogen) atoms. The largest absolute Gasteiger partial charge is 0.433 e. The van der Waals surface area contributed by atoms with Crippen LogP contribution in [0, 0.1) is 0 Å². The van der Waals surface area contributed by atoms with Gasteiger partial charge in [-0.2, -0.15) is 18.3 Å². The fraction of sp³-hybridized carbons (Fsp3) is 0.111. The lowest BCUT2D eigenvalue weighted by molar-refractivity contribution is -0.141. The number of halogens is 4. The number of nitrogens with one attached hydrogen (secondary N) is 1. The van der Waals surface area contributed by atoms with Crippen LogP contribution in [0.1, 0.15) is 5.69 Å². The van der Waals surface area contributed by atoms with Crippen molar-refractivity contribution >= 4 is 12.4 Å². The van der Waals surface area contributed by atoms with E-state index >= 15 is 0 Å². The Hall–Kier alpha value is -1.56. The monoisotopic (exact) mass is 249 g/mol. The molecule has 0 aliphatic heterocycles. The summed E-state index contributed by atoms with van der Waals surface area (Å²) in [5.74, 6) is 0. The van der Waals surface area contributed by atoms with Crippen LogP contribution in [0.3, 0.4) is 0 Å². The lowest BCUT2D eigenvalue weighted by atomic mass is 10.2. The van der Waals surface area contributed by atoms with Gasteiger partial charge >= 0.3 is 6.18 Å².